The van der Waals surface area contributed by atoms with Gasteiger partial charge in [0.1, 0.15) is 13.2 Å². The van der Waals surface area contributed by atoms with E-state index in [9.17, 15) is 0 Å². The van der Waals surface area contributed by atoms with E-state index in [1.165, 1.54) is 0 Å². The van der Waals surface area contributed by atoms with Crippen LogP contribution in [0.15, 0.2) is 42.5 Å². The van der Waals surface area contributed by atoms with Gasteiger partial charge in [-0.2, -0.15) is 0 Å². The third kappa shape index (κ3) is 2.78. The number of hydrogen-bond acceptors (Lipinski definition) is 4. The summed E-state index contributed by atoms with van der Waals surface area (Å²) in [6.45, 7) is 3.14. The topological polar surface area (TPSA) is 43.4 Å². The Morgan fingerprint density at radius 1 is 1.00 bits per heavy atom. The van der Waals surface area contributed by atoms with E-state index in [-0.39, 0.29) is 0 Å². The van der Waals surface area contributed by atoms with Crippen LogP contribution in [0.3, 0.4) is 0 Å². The fourth-order valence-electron chi connectivity index (χ4n) is 2.71. The lowest BCUT2D eigenvalue weighted by atomic mass is 10.1. The highest BCUT2D eigenvalue weighted by Crippen LogP contribution is 2.35. The molecule has 1 aromatic heterocycles. The molecular weight excluding hydrogens is 312 g/mol. The highest BCUT2D eigenvalue weighted by Gasteiger charge is 2.12. The molecule has 0 unspecified atom stereocenters. The summed E-state index contributed by atoms with van der Waals surface area (Å²) < 4.78 is 11.2. The zero-order valence-electron chi connectivity index (χ0n) is 12.6. The Morgan fingerprint density at radius 3 is 2.70 bits per heavy atom. The lowest BCUT2D eigenvalue weighted by Gasteiger charge is -2.19. The van der Waals surface area contributed by atoms with E-state index in [4.69, 9.17) is 21.1 Å². The number of nitrogens with zero attached hydrogens (tertiary/aromatic N) is 1. The normalized spacial score (nSPS) is 13.1. The molecule has 1 aliphatic heterocycles. The molecule has 0 aliphatic carbocycles. The first-order chi connectivity index (χ1) is 11.2. The quantitative estimate of drug-likeness (QED) is 0.740. The number of anilines is 2. The average molecular weight is 327 g/mol. The van der Waals surface area contributed by atoms with Crippen LogP contribution in [0.1, 0.15) is 5.69 Å². The number of aryl methyl sites for hydroxylation is 1. The van der Waals surface area contributed by atoms with E-state index >= 15 is 0 Å². The summed E-state index contributed by atoms with van der Waals surface area (Å²) in [5.74, 6) is 1.55. The SMILES string of the molecule is Cc1cc(Nc2ccc3c(c2)OCCO3)c2ccc(Cl)cc2n1. The molecule has 0 bridgehead atoms. The molecule has 116 valence electrons. The number of nitrogens with one attached hydrogen (secondary N) is 1. The monoisotopic (exact) mass is 326 g/mol. The van der Waals surface area contributed by atoms with Crippen molar-refractivity contribution in [2.75, 3.05) is 18.5 Å². The van der Waals surface area contributed by atoms with Crippen LogP contribution >= 0.6 is 11.6 Å². The fourth-order valence-corrected chi connectivity index (χ4v) is 2.88. The van der Waals surface area contributed by atoms with E-state index in [1.807, 2.05) is 49.4 Å². The molecule has 2 heterocycles. The fraction of sp³-hybridized carbons (Fsp3) is 0.167. The summed E-state index contributed by atoms with van der Waals surface area (Å²) in [4.78, 5) is 4.54. The van der Waals surface area contributed by atoms with Crippen molar-refractivity contribution < 1.29 is 9.47 Å². The van der Waals surface area contributed by atoms with Crippen LogP contribution in [0.5, 0.6) is 11.5 Å². The summed E-state index contributed by atoms with van der Waals surface area (Å²) in [5.41, 5.74) is 3.73. The lowest BCUT2D eigenvalue weighted by Crippen LogP contribution is -2.15. The first-order valence-corrected chi connectivity index (χ1v) is 7.80. The maximum Gasteiger partial charge on any atom is 0.163 e. The summed E-state index contributed by atoms with van der Waals surface area (Å²) >= 11 is 6.07. The predicted octanol–water partition coefficient (Wildman–Crippen LogP) is 4.71. The van der Waals surface area contributed by atoms with Gasteiger partial charge in [0, 0.05) is 33.5 Å². The Balaban J connectivity index is 1.75. The minimum atomic E-state index is 0.576. The molecule has 0 radical (unpaired) electrons. The number of pyridine rings is 1. The van der Waals surface area contributed by atoms with Gasteiger partial charge in [-0.3, -0.25) is 4.98 Å². The average Bonchev–Trinajstić information content (AvgIpc) is 2.54. The first kappa shape index (κ1) is 14.2. The van der Waals surface area contributed by atoms with E-state index in [2.05, 4.69) is 10.3 Å². The zero-order chi connectivity index (χ0) is 15.8. The van der Waals surface area contributed by atoms with Gasteiger partial charge in [-0.15, -0.1) is 0 Å². The third-order valence-corrected chi connectivity index (χ3v) is 3.96. The van der Waals surface area contributed by atoms with Crippen molar-refractivity contribution in [3.05, 3.63) is 53.2 Å². The number of hydrogen-bond donors (Lipinski definition) is 1. The Morgan fingerprint density at radius 2 is 1.83 bits per heavy atom. The van der Waals surface area contributed by atoms with Gasteiger partial charge in [0.05, 0.1) is 5.52 Å². The van der Waals surface area contributed by atoms with Crippen molar-refractivity contribution >= 4 is 33.9 Å². The standard InChI is InChI=1S/C18H15ClN2O2/c1-11-8-15(14-4-2-12(19)9-16(14)20-11)21-13-3-5-17-18(10-13)23-7-6-22-17/h2-5,8-10H,6-7H2,1H3,(H,20,21). The molecule has 0 atom stereocenters. The van der Waals surface area contributed by atoms with Crippen molar-refractivity contribution in [3.8, 4) is 11.5 Å². The lowest BCUT2D eigenvalue weighted by molar-refractivity contribution is 0.171. The van der Waals surface area contributed by atoms with Gasteiger partial charge in [-0.1, -0.05) is 11.6 Å². The minimum Gasteiger partial charge on any atom is -0.486 e. The van der Waals surface area contributed by atoms with Crippen molar-refractivity contribution in [1.29, 1.82) is 0 Å². The summed E-state index contributed by atoms with van der Waals surface area (Å²) in [5, 5.41) is 5.14. The van der Waals surface area contributed by atoms with Crippen molar-refractivity contribution in [2.24, 2.45) is 0 Å². The Kier molecular flexibility index (Phi) is 3.46. The first-order valence-electron chi connectivity index (χ1n) is 7.43. The summed E-state index contributed by atoms with van der Waals surface area (Å²) in [7, 11) is 0. The van der Waals surface area contributed by atoms with E-state index < -0.39 is 0 Å². The van der Waals surface area contributed by atoms with Crippen molar-refractivity contribution in [3.63, 3.8) is 0 Å². The maximum absolute atomic E-state index is 6.07. The Labute approximate surface area is 139 Å². The predicted molar refractivity (Wildman–Crippen MR) is 92.2 cm³/mol. The second-order valence-electron chi connectivity index (χ2n) is 5.46. The number of fused-ring (bicyclic) bond motifs is 2. The second kappa shape index (κ2) is 5.63. The van der Waals surface area contributed by atoms with Gasteiger partial charge in [-0.25, -0.2) is 0 Å². The van der Waals surface area contributed by atoms with Crippen molar-refractivity contribution in [1.82, 2.24) is 4.98 Å². The summed E-state index contributed by atoms with van der Waals surface area (Å²) in [6, 6.07) is 13.6. The molecule has 1 N–H and O–H groups in total. The molecule has 0 saturated carbocycles. The second-order valence-corrected chi connectivity index (χ2v) is 5.89. The molecule has 4 nitrogen and oxygen atoms in total. The minimum absolute atomic E-state index is 0.576. The van der Waals surface area contributed by atoms with Gasteiger partial charge in [-0.05, 0) is 43.3 Å². The molecule has 0 fully saturated rings. The van der Waals surface area contributed by atoms with Crippen LogP contribution in [-0.4, -0.2) is 18.2 Å². The van der Waals surface area contributed by atoms with Gasteiger partial charge >= 0.3 is 0 Å². The van der Waals surface area contributed by atoms with Gasteiger partial charge in [0.2, 0.25) is 0 Å². The van der Waals surface area contributed by atoms with Gasteiger partial charge in [0.15, 0.2) is 11.5 Å². The number of aromatic nitrogens is 1. The molecule has 3 aromatic rings. The molecule has 0 spiro atoms. The van der Waals surface area contributed by atoms with E-state index in [1.54, 1.807) is 0 Å². The molecule has 5 heteroatoms. The molecule has 1 aliphatic rings. The highest BCUT2D eigenvalue weighted by molar-refractivity contribution is 6.31. The number of ether oxygens (including phenoxy) is 2. The van der Waals surface area contributed by atoms with Crippen LogP contribution in [0.25, 0.3) is 10.9 Å². The highest BCUT2D eigenvalue weighted by atomic mass is 35.5. The van der Waals surface area contributed by atoms with Crippen LogP contribution in [0.2, 0.25) is 5.02 Å². The number of halogens is 1. The zero-order valence-corrected chi connectivity index (χ0v) is 13.4. The molecule has 23 heavy (non-hydrogen) atoms. The Hall–Kier alpha value is -2.46. The molecule has 4 rings (SSSR count). The van der Waals surface area contributed by atoms with Crippen LogP contribution in [-0.2, 0) is 0 Å². The molecule has 0 saturated heterocycles. The van der Waals surface area contributed by atoms with E-state index in [0.717, 1.165) is 39.5 Å². The largest absolute Gasteiger partial charge is 0.486 e. The summed E-state index contributed by atoms with van der Waals surface area (Å²) in [6.07, 6.45) is 0. The maximum atomic E-state index is 6.07. The molecule has 2 aromatic carbocycles. The van der Waals surface area contributed by atoms with Crippen LogP contribution < -0.4 is 14.8 Å². The molecule has 0 amide bonds. The smallest absolute Gasteiger partial charge is 0.163 e. The third-order valence-electron chi connectivity index (χ3n) is 3.72. The van der Waals surface area contributed by atoms with Crippen molar-refractivity contribution in [2.45, 2.75) is 6.92 Å². The van der Waals surface area contributed by atoms with Gasteiger partial charge < -0.3 is 14.8 Å². The molecular formula is C18H15ClN2O2. The Bertz CT molecular complexity index is 890. The van der Waals surface area contributed by atoms with Crippen LogP contribution in [0.4, 0.5) is 11.4 Å². The number of rotatable bonds is 2. The van der Waals surface area contributed by atoms with Crippen LogP contribution in [0, 0.1) is 6.92 Å². The van der Waals surface area contributed by atoms with Gasteiger partial charge in [0.25, 0.3) is 0 Å². The number of benzene rings is 2. The van der Waals surface area contributed by atoms with E-state index in [0.29, 0.717) is 18.2 Å².